The molecule has 47 heavy (non-hydrogen) atoms. The number of hydrogen-bond donors (Lipinski definition) is 5. The number of nitrogens with zero attached hydrogens (tertiary/aromatic N) is 4. The van der Waals surface area contributed by atoms with Crippen LogP contribution in [0.25, 0.3) is 44.1 Å². The van der Waals surface area contributed by atoms with E-state index in [1.165, 1.54) is 0 Å². The molecule has 6 heterocycles. The number of rotatable bonds is 7. The van der Waals surface area contributed by atoms with Crippen LogP contribution >= 0.6 is 15.9 Å². The van der Waals surface area contributed by atoms with Gasteiger partial charge < -0.3 is 34.1 Å². The minimum absolute atomic E-state index is 0.147. The Morgan fingerprint density at radius 1 is 0.809 bits per heavy atom. The van der Waals surface area contributed by atoms with Crippen molar-refractivity contribution in [1.82, 2.24) is 29.7 Å². The molecule has 0 bridgehead atoms. The van der Waals surface area contributed by atoms with Crippen molar-refractivity contribution in [1.29, 1.82) is 0 Å². The van der Waals surface area contributed by atoms with Crippen molar-refractivity contribution >= 4 is 60.1 Å². The Hall–Kier alpha value is -3.92. The highest BCUT2D eigenvalue weighted by molar-refractivity contribution is 9.10. The molecule has 8 rings (SSSR count). The van der Waals surface area contributed by atoms with Crippen LogP contribution in [0.5, 0.6) is 0 Å². The highest BCUT2D eigenvalue weighted by Gasteiger charge is 2.23. The molecule has 0 radical (unpaired) electrons. The summed E-state index contributed by atoms with van der Waals surface area (Å²) in [4.78, 5) is 43.5. The third-order valence-electron chi connectivity index (χ3n) is 8.64. The second-order valence-electron chi connectivity index (χ2n) is 12.2. The molecule has 0 aliphatic carbocycles. The molecule has 0 spiro atoms. The molecule has 2 aliphatic heterocycles. The van der Waals surface area contributed by atoms with E-state index < -0.39 is 0 Å². The van der Waals surface area contributed by atoms with Crippen molar-refractivity contribution in [2.45, 2.75) is 51.0 Å². The number of β-amino-alcohol motifs (C(OH)–C–C–N with tert-alkyl or cyclic N) is 2. The van der Waals surface area contributed by atoms with Crippen LogP contribution in [0.15, 0.2) is 59.3 Å². The van der Waals surface area contributed by atoms with Gasteiger partial charge in [-0.3, -0.25) is 19.4 Å². The van der Waals surface area contributed by atoms with Gasteiger partial charge in [-0.2, -0.15) is 0 Å². The number of hydrogen-bond acceptors (Lipinski definition) is 11. The first-order valence-electron chi connectivity index (χ1n) is 15.7. The Balaban J connectivity index is 0.000000151. The van der Waals surface area contributed by atoms with Gasteiger partial charge in [0.2, 0.25) is 11.2 Å². The van der Waals surface area contributed by atoms with E-state index in [0.717, 1.165) is 53.2 Å². The lowest BCUT2D eigenvalue weighted by Gasteiger charge is -2.13. The van der Waals surface area contributed by atoms with Gasteiger partial charge in [-0.25, -0.2) is 9.97 Å². The number of H-pyrrole nitrogens is 2. The van der Waals surface area contributed by atoms with E-state index in [9.17, 15) is 19.8 Å². The second kappa shape index (κ2) is 13.3. The number of halogens is 1. The third kappa shape index (κ3) is 6.75. The quantitative estimate of drug-likeness (QED) is 0.164. The molecule has 4 aromatic heterocycles. The average molecular weight is 708 g/mol. The summed E-state index contributed by atoms with van der Waals surface area (Å²) in [7, 11) is 0. The fourth-order valence-corrected chi connectivity index (χ4v) is 6.70. The summed E-state index contributed by atoms with van der Waals surface area (Å²) in [6.45, 7) is 3.97. The monoisotopic (exact) mass is 706 g/mol. The summed E-state index contributed by atoms with van der Waals surface area (Å²) in [5.41, 5.74) is 3.43. The van der Waals surface area contributed by atoms with Gasteiger partial charge >= 0.3 is 0 Å². The molecule has 0 saturated carbocycles. The van der Waals surface area contributed by atoms with Crippen molar-refractivity contribution in [3.05, 3.63) is 78.8 Å². The van der Waals surface area contributed by atoms with Crippen LogP contribution < -0.4 is 11.1 Å². The number of benzene rings is 2. The smallest absolute Gasteiger partial charge is 0.294 e. The molecular formula is C33H35BrN6O7. The van der Waals surface area contributed by atoms with E-state index in [1.807, 2.05) is 36.4 Å². The SMILES string of the molecule is O=c1[nH]c(CN2CC[C@H](O)C2)nc2c1oc1ccc(Br)cc12.O=c1[nH]c(CN2CC[C@H](O)C2)nc2c1oc1ccc(CCCO)cc12. The number of aliphatic hydroxyl groups is 3. The summed E-state index contributed by atoms with van der Waals surface area (Å²) in [6.07, 6.45) is 2.36. The zero-order valence-corrected chi connectivity index (χ0v) is 27.1. The van der Waals surface area contributed by atoms with Gasteiger partial charge in [-0.05, 0) is 61.6 Å². The summed E-state index contributed by atoms with van der Waals surface area (Å²) >= 11 is 3.43. The molecule has 2 aliphatic rings. The molecule has 14 heteroatoms. The number of fused-ring (bicyclic) bond motifs is 6. The van der Waals surface area contributed by atoms with E-state index in [-0.39, 0.29) is 41.1 Å². The lowest BCUT2D eigenvalue weighted by atomic mass is 10.1. The molecular weight excluding hydrogens is 672 g/mol. The maximum atomic E-state index is 12.4. The van der Waals surface area contributed by atoms with E-state index in [2.05, 4.69) is 45.7 Å². The Morgan fingerprint density at radius 3 is 1.85 bits per heavy atom. The number of furan rings is 2. The van der Waals surface area contributed by atoms with Crippen molar-refractivity contribution < 1.29 is 24.2 Å². The topological polar surface area (TPSA) is 185 Å². The first kappa shape index (κ1) is 31.7. The third-order valence-corrected chi connectivity index (χ3v) is 9.13. The summed E-state index contributed by atoms with van der Waals surface area (Å²) in [6, 6.07) is 11.4. The van der Waals surface area contributed by atoms with Crippen molar-refractivity contribution in [3.8, 4) is 0 Å². The molecule has 2 fully saturated rings. The Labute approximate surface area is 276 Å². The number of aliphatic hydroxyl groups excluding tert-OH is 3. The van der Waals surface area contributed by atoms with Crippen LogP contribution in [0.4, 0.5) is 0 Å². The molecule has 2 atom stereocenters. The van der Waals surface area contributed by atoms with Crippen LogP contribution in [0.2, 0.25) is 0 Å². The fraction of sp³-hybridized carbons (Fsp3) is 0.394. The lowest BCUT2D eigenvalue weighted by Crippen LogP contribution is -2.24. The van der Waals surface area contributed by atoms with Gasteiger partial charge in [-0.15, -0.1) is 0 Å². The van der Waals surface area contributed by atoms with Crippen LogP contribution in [-0.4, -0.2) is 90.0 Å². The molecule has 5 N–H and O–H groups in total. The summed E-state index contributed by atoms with van der Waals surface area (Å²) in [5, 5.41) is 29.9. The number of likely N-dealkylation sites (tertiary alicyclic amines) is 2. The number of aryl methyl sites for hydroxylation is 1. The first-order valence-corrected chi connectivity index (χ1v) is 16.5. The van der Waals surface area contributed by atoms with E-state index in [4.69, 9.17) is 13.9 Å². The molecule has 246 valence electrons. The minimum atomic E-state index is -0.306. The zero-order valence-electron chi connectivity index (χ0n) is 25.5. The van der Waals surface area contributed by atoms with Gasteiger partial charge in [0.25, 0.3) is 11.1 Å². The average Bonchev–Trinajstić information content (AvgIpc) is 3.83. The van der Waals surface area contributed by atoms with E-state index >= 15 is 0 Å². The Bertz CT molecular complexity index is 2190. The minimum Gasteiger partial charge on any atom is -0.449 e. The van der Waals surface area contributed by atoms with Crippen LogP contribution in [0.3, 0.4) is 0 Å². The zero-order chi connectivity index (χ0) is 32.7. The molecule has 0 amide bonds. The highest BCUT2D eigenvalue weighted by atomic mass is 79.9. The molecule has 2 saturated heterocycles. The number of aromatic amines is 2. The summed E-state index contributed by atoms with van der Waals surface area (Å²) < 4.78 is 12.2. The maximum Gasteiger partial charge on any atom is 0.294 e. The standard InChI is InChI=1S/C18H21N3O4.C15H14BrN3O3/c22-7-1-2-11-3-4-14-13(8-11)16-17(25-14)18(24)20-15(19-16)10-21-6-5-12(23)9-21;16-8-1-2-11-10(5-8)13-14(22-11)15(21)18-12(17-13)7-19-4-3-9(20)6-19/h3-4,8,12,22-23H,1-2,5-7,9-10H2,(H,19,20,24);1-2,5,9,20H,3-4,6-7H2,(H,17,18,21)/t12-;9-/m00/s1. The fourth-order valence-electron chi connectivity index (χ4n) is 6.34. The molecule has 6 aromatic rings. The summed E-state index contributed by atoms with van der Waals surface area (Å²) in [5.74, 6) is 1.17. The lowest BCUT2D eigenvalue weighted by molar-refractivity contribution is 0.173. The molecule has 0 unspecified atom stereocenters. The highest BCUT2D eigenvalue weighted by Crippen LogP contribution is 2.29. The maximum absolute atomic E-state index is 12.4. The van der Waals surface area contributed by atoms with Crippen LogP contribution in [-0.2, 0) is 19.5 Å². The van der Waals surface area contributed by atoms with E-state index in [1.54, 1.807) is 0 Å². The number of aromatic nitrogens is 4. The van der Waals surface area contributed by atoms with Gasteiger partial charge in [0.1, 0.15) is 33.8 Å². The molecule has 2 aromatic carbocycles. The molecule has 13 nitrogen and oxygen atoms in total. The van der Waals surface area contributed by atoms with Crippen LogP contribution in [0, 0.1) is 0 Å². The van der Waals surface area contributed by atoms with Gasteiger partial charge in [0, 0.05) is 48.0 Å². The van der Waals surface area contributed by atoms with Crippen LogP contribution in [0.1, 0.15) is 36.5 Å². The first-order chi connectivity index (χ1) is 22.7. The van der Waals surface area contributed by atoms with Crippen molar-refractivity contribution in [3.63, 3.8) is 0 Å². The van der Waals surface area contributed by atoms with E-state index in [0.29, 0.717) is 66.4 Å². The predicted octanol–water partition coefficient (Wildman–Crippen LogP) is 3.16. The van der Waals surface area contributed by atoms with Gasteiger partial charge in [0.15, 0.2) is 0 Å². The van der Waals surface area contributed by atoms with Gasteiger partial charge in [-0.1, -0.05) is 22.0 Å². The van der Waals surface area contributed by atoms with Crippen molar-refractivity contribution in [2.24, 2.45) is 0 Å². The van der Waals surface area contributed by atoms with Crippen molar-refractivity contribution in [2.75, 3.05) is 32.8 Å². The predicted molar refractivity (Wildman–Crippen MR) is 179 cm³/mol. The Morgan fingerprint density at radius 2 is 1.34 bits per heavy atom. The largest absolute Gasteiger partial charge is 0.449 e. The van der Waals surface area contributed by atoms with Gasteiger partial charge in [0.05, 0.1) is 25.3 Å². The Kier molecular flexibility index (Phi) is 8.96. The second-order valence-corrected chi connectivity index (χ2v) is 13.2. The number of nitrogens with one attached hydrogen (secondary N) is 2. The normalized spacial score (nSPS) is 19.0.